The maximum atomic E-state index is 13.1. The minimum absolute atomic E-state index is 0.135. The van der Waals surface area contributed by atoms with Gasteiger partial charge >= 0.3 is 0 Å². The van der Waals surface area contributed by atoms with Crippen LogP contribution >= 0.6 is 23.4 Å². The third kappa shape index (κ3) is 4.50. The Morgan fingerprint density at radius 3 is 2.76 bits per heavy atom. The number of hydrogen-bond donors (Lipinski definition) is 1. The zero-order valence-electron chi connectivity index (χ0n) is 18.0. The Balaban J connectivity index is 1.36. The van der Waals surface area contributed by atoms with Crippen molar-refractivity contribution in [3.05, 3.63) is 64.9 Å². The molecule has 1 fully saturated rings. The summed E-state index contributed by atoms with van der Waals surface area (Å²) in [7, 11) is 0. The van der Waals surface area contributed by atoms with Crippen molar-refractivity contribution in [2.24, 2.45) is 0 Å². The van der Waals surface area contributed by atoms with Crippen LogP contribution in [0.2, 0.25) is 5.02 Å². The standard InChI is InChI=1S/C24H24ClN5O2S/c25-19-11-10-17(13-18(19)22-28-27-21-9-5-2-6-12-29(21)22)26-23(31)20-14-33-15-30(20)24(32)16-7-3-1-4-8-16/h1,3-4,7-8,10-11,13,20H,2,5-6,9,12,14-15H2,(H,26,31)/t20-/m0/s1. The second-order valence-corrected chi connectivity index (χ2v) is 9.65. The fourth-order valence-electron chi connectivity index (χ4n) is 4.29. The van der Waals surface area contributed by atoms with Gasteiger partial charge in [-0.3, -0.25) is 9.59 Å². The molecule has 3 aromatic rings. The molecule has 0 spiro atoms. The molecule has 1 N–H and O–H groups in total. The molecule has 3 heterocycles. The Kier molecular flexibility index (Phi) is 6.37. The number of nitrogens with one attached hydrogen (secondary N) is 1. The molecule has 9 heteroatoms. The maximum absolute atomic E-state index is 13.1. The first-order valence-corrected chi connectivity index (χ1v) is 12.6. The fraction of sp³-hybridized carbons (Fsp3) is 0.333. The molecule has 33 heavy (non-hydrogen) atoms. The molecule has 1 atom stereocenters. The Bertz CT molecular complexity index is 1180. The highest BCUT2D eigenvalue weighted by molar-refractivity contribution is 7.99. The van der Waals surface area contributed by atoms with Crippen LogP contribution in [0.4, 0.5) is 5.69 Å². The van der Waals surface area contributed by atoms with E-state index in [1.807, 2.05) is 24.3 Å². The van der Waals surface area contributed by atoms with Crippen molar-refractivity contribution >= 4 is 40.9 Å². The van der Waals surface area contributed by atoms with Crippen molar-refractivity contribution in [3.63, 3.8) is 0 Å². The number of anilines is 1. The van der Waals surface area contributed by atoms with Crippen molar-refractivity contribution in [2.45, 2.75) is 38.3 Å². The molecule has 0 bridgehead atoms. The van der Waals surface area contributed by atoms with Gasteiger partial charge in [0.1, 0.15) is 11.9 Å². The van der Waals surface area contributed by atoms with Crippen LogP contribution in [0.5, 0.6) is 0 Å². The van der Waals surface area contributed by atoms with Gasteiger partial charge < -0.3 is 14.8 Å². The van der Waals surface area contributed by atoms with E-state index in [1.54, 1.807) is 40.9 Å². The molecule has 0 saturated carbocycles. The van der Waals surface area contributed by atoms with Crippen LogP contribution < -0.4 is 5.32 Å². The number of aryl methyl sites for hydroxylation is 1. The largest absolute Gasteiger partial charge is 0.324 e. The van der Waals surface area contributed by atoms with Gasteiger partial charge in [-0.1, -0.05) is 36.2 Å². The smallest absolute Gasteiger partial charge is 0.255 e. The summed E-state index contributed by atoms with van der Waals surface area (Å²) in [4.78, 5) is 27.7. The summed E-state index contributed by atoms with van der Waals surface area (Å²) in [6.45, 7) is 0.862. The lowest BCUT2D eigenvalue weighted by Gasteiger charge is -2.23. The number of hydrogen-bond acceptors (Lipinski definition) is 5. The molecule has 1 aromatic heterocycles. The number of aromatic nitrogens is 3. The minimum Gasteiger partial charge on any atom is -0.324 e. The van der Waals surface area contributed by atoms with Gasteiger partial charge in [-0.25, -0.2) is 0 Å². The van der Waals surface area contributed by atoms with E-state index in [2.05, 4.69) is 20.1 Å². The van der Waals surface area contributed by atoms with E-state index in [0.717, 1.165) is 43.0 Å². The van der Waals surface area contributed by atoms with Crippen molar-refractivity contribution in [2.75, 3.05) is 16.9 Å². The van der Waals surface area contributed by atoms with Crippen molar-refractivity contribution in [3.8, 4) is 11.4 Å². The molecular formula is C24H24ClN5O2S. The average molecular weight is 482 g/mol. The van der Waals surface area contributed by atoms with Gasteiger partial charge in [0, 0.05) is 35.5 Å². The zero-order valence-corrected chi connectivity index (χ0v) is 19.6. The van der Waals surface area contributed by atoms with Crippen LogP contribution in [-0.2, 0) is 17.8 Å². The number of amides is 2. The highest BCUT2D eigenvalue weighted by atomic mass is 35.5. The lowest BCUT2D eigenvalue weighted by molar-refractivity contribution is -0.119. The van der Waals surface area contributed by atoms with Crippen LogP contribution in [0.3, 0.4) is 0 Å². The van der Waals surface area contributed by atoms with E-state index in [9.17, 15) is 9.59 Å². The molecule has 1 saturated heterocycles. The first-order chi connectivity index (χ1) is 16.1. The molecule has 2 amide bonds. The van der Waals surface area contributed by atoms with Gasteiger partial charge in [0.05, 0.1) is 10.9 Å². The minimum atomic E-state index is -0.536. The van der Waals surface area contributed by atoms with E-state index in [0.29, 0.717) is 27.9 Å². The number of nitrogens with zero attached hydrogens (tertiary/aromatic N) is 4. The van der Waals surface area contributed by atoms with Crippen molar-refractivity contribution in [1.29, 1.82) is 0 Å². The Labute approximate surface area is 201 Å². The zero-order chi connectivity index (χ0) is 22.8. The van der Waals surface area contributed by atoms with Gasteiger partial charge in [-0.2, -0.15) is 0 Å². The quantitative estimate of drug-likeness (QED) is 0.594. The summed E-state index contributed by atoms with van der Waals surface area (Å²) in [6.07, 6.45) is 4.27. The molecule has 5 rings (SSSR count). The maximum Gasteiger partial charge on any atom is 0.255 e. The molecule has 2 aromatic carbocycles. The first-order valence-electron chi connectivity index (χ1n) is 11.1. The summed E-state index contributed by atoms with van der Waals surface area (Å²) in [5, 5.41) is 12.3. The fourth-order valence-corrected chi connectivity index (χ4v) is 5.65. The lowest BCUT2D eigenvalue weighted by atomic mass is 10.1. The van der Waals surface area contributed by atoms with Gasteiger partial charge in [0.25, 0.3) is 5.91 Å². The Morgan fingerprint density at radius 2 is 1.91 bits per heavy atom. The summed E-state index contributed by atoms with van der Waals surface area (Å²) in [6, 6.07) is 13.9. The molecule has 0 aliphatic carbocycles. The van der Waals surface area contributed by atoms with Crippen molar-refractivity contribution < 1.29 is 9.59 Å². The topological polar surface area (TPSA) is 80.1 Å². The van der Waals surface area contributed by atoms with E-state index >= 15 is 0 Å². The van der Waals surface area contributed by atoms with Gasteiger partial charge in [0.15, 0.2) is 5.82 Å². The van der Waals surface area contributed by atoms with E-state index in [-0.39, 0.29) is 11.8 Å². The normalized spacial score (nSPS) is 18.0. The van der Waals surface area contributed by atoms with E-state index in [4.69, 9.17) is 11.6 Å². The summed E-state index contributed by atoms with van der Waals surface area (Å²) in [5.41, 5.74) is 1.95. The predicted molar refractivity (Wildman–Crippen MR) is 130 cm³/mol. The van der Waals surface area contributed by atoms with Crippen LogP contribution in [0, 0.1) is 0 Å². The SMILES string of the molecule is O=C(Nc1ccc(Cl)c(-c2nnc3n2CCCCC3)c1)[C@@H]1CSCN1C(=O)c1ccccc1. The van der Waals surface area contributed by atoms with Gasteiger partial charge in [-0.05, 0) is 43.2 Å². The van der Waals surface area contributed by atoms with Crippen LogP contribution in [0.1, 0.15) is 35.4 Å². The Hall–Kier alpha value is -2.84. The Morgan fingerprint density at radius 1 is 1.06 bits per heavy atom. The van der Waals surface area contributed by atoms with Gasteiger partial charge in [0.2, 0.25) is 5.91 Å². The lowest BCUT2D eigenvalue weighted by Crippen LogP contribution is -2.44. The first kappa shape index (κ1) is 22.0. The second-order valence-electron chi connectivity index (χ2n) is 8.24. The van der Waals surface area contributed by atoms with Gasteiger partial charge in [-0.15, -0.1) is 22.0 Å². The number of thioether (sulfide) groups is 1. The summed E-state index contributed by atoms with van der Waals surface area (Å²) < 4.78 is 2.13. The predicted octanol–water partition coefficient (Wildman–Crippen LogP) is 4.48. The summed E-state index contributed by atoms with van der Waals surface area (Å²) in [5.74, 6) is 2.41. The molecule has 2 aliphatic heterocycles. The average Bonchev–Trinajstić information content (AvgIpc) is 3.42. The van der Waals surface area contributed by atoms with Crippen LogP contribution in [0.15, 0.2) is 48.5 Å². The third-order valence-corrected chi connectivity index (χ3v) is 7.39. The number of benzene rings is 2. The molecule has 0 unspecified atom stereocenters. The molecule has 170 valence electrons. The third-order valence-electron chi connectivity index (χ3n) is 6.05. The highest BCUT2D eigenvalue weighted by Gasteiger charge is 2.35. The molecule has 7 nitrogen and oxygen atoms in total. The van der Waals surface area contributed by atoms with Crippen LogP contribution in [0.25, 0.3) is 11.4 Å². The second kappa shape index (κ2) is 9.57. The van der Waals surface area contributed by atoms with E-state index in [1.165, 1.54) is 6.42 Å². The van der Waals surface area contributed by atoms with Crippen LogP contribution in [-0.4, -0.2) is 49.2 Å². The highest BCUT2D eigenvalue weighted by Crippen LogP contribution is 2.32. The summed E-state index contributed by atoms with van der Waals surface area (Å²) >= 11 is 8.09. The molecule has 0 radical (unpaired) electrons. The number of carbonyl (C=O) groups is 2. The number of fused-ring (bicyclic) bond motifs is 1. The van der Waals surface area contributed by atoms with E-state index < -0.39 is 6.04 Å². The monoisotopic (exact) mass is 481 g/mol. The number of rotatable bonds is 4. The number of carbonyl (C=O) groups excluding carboxylic acids is 2. The van der Waals surface area contributed by atoms with Crippen molar-refractivity contribution in [1.82, 2.24) is 19.7 Å². The molecular weight excluding hydrogens is 458 g/mol. The number of halogens is 1. The molecule has 2 aliphatic rings.